The molecule has 1 aromatic carbocycles. The summed E-state index contributed by atoms with van der Waals surface area (Å²) in [5.74, 6) is -0.222. The number of nitrogens with zero attached hydrogens (tertiary/aromatic N) is 2. The van der Waals surface area contributed by atoms with E-state index in [-0.39, 0.29) is 18.3 Å². The van der Waals surface area contributed by atoms with Gasteiger partial charge in [0.05, 0.1) is 24.5 Å². The zero-order valence-corrected chi connectivity index (χ0v) is 17.9. The van der Waals surface area contributed by atoms with Gasteiger partial charge in [-0.25, -0.2) is 9.97 Å². The van der Waals surface area contributed by atoms with E-state index in [1.807, 2.05) is 24.3 Å². The second-order valence-corrected chi connectivity index (χ2v) is 8.26. The SMILES string of the molecule is CC(C)c1cccc(Oc2ncc(NC(=O)[C@@H](C)CC(=O)OC(C)(C)C)cn2)c1. The molecule has 1 amide bonds. The van der Waals surface area contributed by atoms with Crippen molar-refractivity contribution < 1.29 is 19.1 Å². The van der Waals surface area contributed by atoms with Crippen molar-refractivity contribution in [3.8, 4) is 11.8 Å². The van der Waals surface area contributed by atoms with Gasteiger partial charge in [-0.05, 0) is 44.4 Å². The highest BCUT2D eigenvalue weighted by Crippen LogP contribution is 2.23. The van der Waals surface area contributed by atoms with Gasteiger partial charge >= 0.3 is 12.0 Å². The van der Waals surface area contributed by atoms with E-state index in [0.29, 0.717) is 17.4 Å². The fourth-order valence-electron chi connectivity index (χ4n) is 2.47. The molecule has 1 aromatic heterocycles. The summed E-state index contributed by atoms with van der Waals surface area (Å²) in [6.45, 7) is 11.2. The van der Waals surface area contributed by atoms with Crippen molar-refractivity contribution in [2.45, 2.75) is 59.5 Å². The highest BCUT2D eigenvalue weighted by molar-refractivity contribution is 5.94. The summed E-state index contributed by atoms with van der Waals surface area (Å²) in [6.07, 6.45) is 2.93. The van der Waals surface area contributed by atoms with Crippen LogP contribution in [0.25, 0.3) is 0 Å². The third-order valence-corrected chi connectivity index (χ3v) is 3.97. The standard InChI is InChI=1S/C22H29N3O4/c1-14(2)16-8-7-9-18(11-16)28-21-23-12-17(13-24-21)25-20(27)15(3)10-19(26)29-22(4,5)6/h7-9,11-15H,10H2,1-6H3,(H,25,27)/t15-/m0/s1. The molecule has 0 bridgehead atoms. The van der Waals surface area contributed by atoms with E-state index in [0.717, 1.165) is 5.56 Å². The van der Waals surface area contributed by atoms with Crippen molar-refractivity contribution in [3.63, 3.8) is 0 Å². The molecule has 0 aliphatic heterocycles. The van der Waals surface area contributed by atoms with Crippen LogP contribution >= 0.6 is 0 Å². The fourth-order valence-corrected chi connectivity index (χ4v) is 2.47. The smallest absolute Gasteiger partial charge is 0.322 e. The molecule has 0 aliphatic rings. The maximum atomic E-state index is 12.3. The van der Waals surface area contributed by atoms with Crippen LogP contribution < -0.4 is 10.1 Å². The van der Waals surface area contributed by atoms with E-state index in [2.05, 4.69) is 29.1 Å². The molecule has 7 nitrogen and oxygen atoms in total. The number of hydrogen-bond donors (Lipinski definition) is 1. The van der Waals surface area contributed by atoms with Crippen LogP contribution in [-0.2, 0) is 14.3 Å². The number of benzene rings is 1. The summed E-state index contributed by atoms with van der Waals surface area (Å²) in [4.78, 5) is 32.4. The van der Waals surface area contributed by atoms with E-state index in [4.69, 9.17) is 9.47 Å². The van der Waals surface area contributed by atoms with E-state index < -0.39 is 17.5 Å². The van der Waals surface area contributed by atoms with Gasteiger partial charge in [-0.3, -0.25) is 9.59 Å². The Kier molecular flexibility index (Phi) is 7.31. The van der Waals surface area contributed by atoms with Crippen molar-refractivity contribution in [2.24, 2.45) is 5.92 Å². The number of carbonyl (C=O) groups excluding carboxylic acids is 2. The lowest BCUT2D eigenvalue weighted by Crippen LogP contribution is -2.28. The largest absolute Gasteiger partial charge is 0.460 e. The van der Waals surface area contributed by atoms with Crippen LogP contribution in [-0.4, -0.2) is 27.4 Å². The topological polar surface area (TPSA) is 90.4 Å². The van der Waals surface area contributed by atoms with Crippen LogP contribution in [0.1, 0.15) is 59.4 Å². The molecular weight excluding hydrogens is 370 g/mol. The van der Waals surface area contributed by atoms with Crippen LogP contribution in [0, 0.1) is 5.92 Å². The van der Waals surface area contributed by atoms with Crippen molar-refractivity contribution >= 4 is 17.6 Å². The Hall–Kier alpha value is -2.96. The van der Waals surface area contributed by atoms with Gasteiger partial charge < -0.3 is 14.8 Å². The molecule has 1 N–H and O–H groups in total. The number of esters is 1. The fraction of sp³-hybridized carbons (Fsp3) is 0.455. The molecule has 0 aliphatic carbocycles. The zero-order valence-electron chi connectivity index (χ0n) is 17.9. The molecule has 156 valence electrons. The Bertz CT molecular complexity index is 842. The third-order valence-electron chi connectivity index (χ3n) is 3.97. The number of nitrogens with one attached hydrogen (secondary N) is 1. The Balaban J connectivity index is 1.92. The zero-order chi connectivity index (χ0) is 21.6. The van der Waals surface area contributed by atoms with Gasteiger partial charge in [0.25, 0.3) is 0 Å². The first-order valence-electron chi connectivity index (χ1n) is 9.66. The van der Waals surface area contributed by atoms with Crippen molar-refractivity contribution in [2.75, 3.05) is 5.32 Å². The summed E-state index contributed by atoms with van der Waals surface area (Å²) in [5.41, 5.74) is 1.01. The first-order chi connectivity index (χ1) is 13.5. The molecule has 0 fully saturated rings. The maximum absolute atomic E-state index is 12.3. The van der Waals surface area contributed by atoms with Crippen molar-refractivity contribution in [3.05, 3.63) is 42.2 Å². The predicted molar refractivity (Wildman–Crippen MR) is 111 cm³/mol. The van der Waals surface area contributed by atoms with Crippen molar-refractivity contribution in [1.29, 1.82) is 0 Å². The van der Waals surface area contributed by atoms with E-state index in [1.165, 1.54) is 12.4 Å². The summed E-state index contributed by atoms with van der Waals surface area (Å²) >= 11 is 0. The number of rotatable bonds is 7. The van der Waals surface area contributed by atoms with Gasteiger partial charge in [0, 0.05) is 5.92 Å². The average Bonchev–Trinajstić information content (AvgIpc) is 2.61. The Labute approximate surface area is 171 Å². The number of anilines is 1. The van der Waals surface area contributed by atoms with E-state index in [1.54, 1.807) is 27.7 Å². The quantitative estimate of drug-likeness (QED) is 0.679. The molecule has 0 radical (unpaired) electrons. The monoisotopic (exact) mass is 399 g/mol. The van der Waals surface area contributed by atoms with Crippen LogP contribution in [0.2, 0.25) is 0 Å². The lowest BCUT2D eigenvalue weighted by atomic mass is 10.0. The number of amides is 1. The second-order valence-electron chi connectivity index (χ2n) is 8.26. The third kappa shape index (κ3) is 7.52. The lowest BCUT2D eigenvalue weighted by Gasteiger charge is -2.20. The summed E-state index contributed by atoms with van der Waals surface area (Å²) in [6, 6.07) is 7.93. The average molecular weight is 399 g/mol. The van der Waals surface area contributed by atoms with Crippen molar-refractivity contribution in [1.82, 2.24) is 9.97 Å². The Morgan fingerprint density at radius 1 is 1.10 bits per heavy atom. The van der Waals surface area contributed by atoms with E-state index >= 15 is 0 Å². The lowest BCUT2D eigenvalue weighted by molar-refractivity contribution is -0.156. The summed E-state index contributed by atoms with van der Waals surface area (Å²) < 4.78 is 10.9. The summed E-state index contributed by atoms with van der Waals surface area (Å²) in [7, 11) is 0. The van der Waals surface area contributed by atoms with E-state index in [9.17, 15) is 9.59 Å². The molecule has 2 aromatic rings. The van der Waals surface area contributed by atoms with Gasteiger partial charge in [0.1, 0.15) is 11.4 Å². The van der Waals surface area contributed by atoms with Gasteiger partial charge in [-0.2, -0.15) is 0 Å². The maximum Gasteiger partial charge on any atom is 0.322 e. The molecule has 1 atom stereocenters. The number of hydrogen-bond acceptors (Lipinski definition) is 6. The summed E-state index contributed by atoms with van der Waals surface area (Å²) in [5, 5.41) is 2.70. The predicted octanol–water partition coefficient (Wildman–Crippen LogP) is 4.70. The molecule has 0 spiro atoms. The van der Waals surface area contributed by atoms with Gasteiger partial charge in [0.2, 0.25) is 5.91 Å². The Morgan fingerprint density at radius 3 is 2.34 bits per heavy atom. The second kappa shape index (κ2) is 9.49. The highest BCUT2D eigenvalue weighted by atomic mass is 16.6. The minimum atomic E-state index is -0.578. The highest BCUT2D eigenvalue weighted by Gasteiger charge is 2.22. The molecule has 0 saturated carbocycles. The number of aromatic nitrogens is 2. The molecule has 0 unspecified atom stereocenters. The van der Waals surface area contributed by atoms with Crippen LogP contribution in [0.5, 0.6) is 11.8 Å². The molecule has 29 heavy (non-hydrogen) atoms. The van der Waals surface area contributed by atoms with Gasteiger partial charge in [-0.1, -0.05) is 32.9 Å². The first kappa shape index (κ1) is 22.3. The number of carbonyl (C=O) groups is 2. The first-order valence-corrected chi connectivity index (χ1v) is 9.66. The van der Waals surface area contributed by atoms with Gasteiger partial charge in [-0.15, -0.1) is 0 Å². The van der Waals surface area contributed by atoms with Crippen LogP contribution in [0.15, 0.2) is 36.7 Å². The molecule has 0 saturated heterocycles. The molecule has 2 rings (SSSR count). The van der Waals surface area contributed by atoms with Crippen LogP contribution in [0.3, 0.4) is 0 Å². The molecule has 7 heteroatoms. The van der Waals surface area contributed by atoms with Gasteiger partial charge in [0.15, 0.2) is 0 Å². The molecule has 1 heterocycles. The number of ether oxygens (including phenoxy) is 2. The minimum absolute atomic E-state index is 0.00263. The minimum Gasteiger partial charge on any atom is -0.460 e. The Morgan fingerprint density at radius 2 is 1.76 bits per heavy atom. The van der Waals surface area contributed by atoms with Crippen LogP contribution in [0.4, 0.5) is 5.69 Å². The molecular formula is C22H29N3O4. The normalized spacial score (nSPS) is 12.4.